The number of hydrogen-bond donors (Lipinski definition) is 1. The van der Waals surface area contributed by atoms with Crippen LogP contribution in [0.15, 0.2) is 55.0 Å². The monoisotopic (exact) mass is 322 g/mol. The molecule has 1 aromatic carbocycles. The lowest BCUT2D eigenvalue weighted by molar-refractivity contribution is 0.102. The summed E-state index contributed by atoms with van der Waals surface area (Å²) >= 11 is 0. The summed E-state index contributed by atoms with van der Waals surface area (Å²) in [5.74, 6) is 1.24. The summed E-state index contributed by atoms with van der Waals surface area (Å²) in [4.78, 5) is 16.5. The number of carbonyl (C=O) groups excluding carboxylic acids is 1. The number of carbonyl (C=O) groups is 1. The van der Waals surface area contributed by atoms with Crippen molar-refractivity contribution < 1.29 is 9.53 Å². The molecule has 0 radical (unpaired) electrons. The maximum absolute atomic E-state index is 12.4. The third kappa shape index (κ3) is 3.60. The average Bonchev–Trinajstić information content (AvgIpc) is 3.00. The van der Waals surface area contributed by atoms with Crippen LogP contribution in [0, 0.1) is 0 Å². The Balaban J connectivity index is 1.76. The zero-order valence-corrected chi connectivity index (χ0v) is 13.6. The number of nitrogens with one attached hydrogen (secondary N) is 1. The molecule has 0 aliphatic heterocycles. The zero-order valence-electron chi connectivity index (χ0n) is 13.6. The van der Waals surface area contributed by atoms with Gasteiger partial charge in [-0.3, -0.25) is 14.5 Å². The summed E-state index contributed by atoms with van der Waals surface area (Å²) in [6.07, 6.45) is 5.63. The molecule has 0 atom stereocenters. The smallest absolute Gasteiger partial charge is 0.258 e. The molecule has 1 amide bonds. The minimum atomic E-state index is -0.210. The molecule has 0 saturated heterocycles. The molecule has 6 nitrogen and oxygen atoms in total. The highest BCUT2D eigenvalue weighted by Gasteiger charge is 2.10. The molecule has 3 rings (SSSR count). The van der Waals surface area contributed by atoms with Crippen molar-refractivity contribution >= 4 is 11.7 Å². The molecule has 2 heterocycles. The second-order valence-electron chi connectivity index (χ2n) is 5.40. The average molecular weight is 322 g/mol. The van der Waals surface area contributed by atoms with Crippen LogP contribution in [-0.2, 0) is 13.5 Å². The maximum atomic E-state index is 12.4. The van der Waals surface area contributed by atoms with Gasteiger partial charge in [0.05, 0.1) is 18.9 Å². The summed E-state index contributed by atoms with van der Waals surface area (Å²) in [5.41, 5.74) is 2.57. The van der Waals surface area contributed by atoms with Crippen molar-refractivity contribution in [2.45, 2.75) is 6.42 Å². The summed E-state index contributed by atoms with van der Waals surface area (Å²) in [5, 5.41) is 6.84. The molecule has 0 aliphatic rings. The van der Waals surface area contributed by atoms with E-state index in [1.807, 2.05) is 30.3 Å². The van der Waals surface area contributed by atoms with Crippen molar-refractivity contribution in [1.29, 1.82) is 0 Å². The van der Waals surface area contributed by atoms with E-state index in [2.05, 4.69) is 15.4 Å². The molecular weight excluding hydrogens is 304 g/mol. The van der Waals surface area contributed by atoms with Gasteiger partial charge in [-0.1, -0.05) is 12.1 Å². The lowest BCUT2D eigenvalue weighted by Crippen LogP contribution is -2.15. The number of nitrogens with zero attached hydrogens (tertiary/aromatic N) is 3. The third-order valence-electron chi connectivity index (χ3n) is 3.66. The Labute approximate surface area is 140 Å². The zero-order chi connectivity index (χ0) is 16.9. The molecule has 0 fully saturated rings. The predicted octanol–water partition coefficient (Wildman–Crippen LogP) is 2.67. The van der Waals surface area contributed by atoms with Crippen LogP contribution in [0.3, 0.4) is 0 Å². The fraction of sp³-hybridized carbons (Fsp3) is 0.167. The molecule has 3 aromatic rings. The number of aromatic nitrogens is 3. The molecule has 0 bridgehead atoms. The third-order valence-corrected chi connectivity index (χ3v) is 3.66. The Kier molecular flexibility index (Phi) is 4.56. The second kappa shape index (κ2) is 6.95. The minimum absolute atomic E-state index is 0.210. The quantitative estimate of drug-likeness (QED) is 0.784. The summed E-state index contributed by atoms with van der Waals surface area (Å²) in [7, 11) is 3.41. The second-order valence-corrected chi connectivity index (χ2v) is 5.40. The highest BCUT2D eigenvalue weighted by molar-refractivity contribution is 6.03. The van der Waals surface area contributed by atoms with Crippen LogP contribution in [0.1, 0.15) is 21.5 Å². The van der Waals surface area contributed by atoms with Crippen LogP contribution in [0.2, 0.25) is 0 Å². The molecule has 0 spiro atoms. The van der Waals surface area contributed by atoms with E-state index in [9.17, 15) is 4.79 Å². The van der Waals surface area contributed by atoms with Crippen LogP contribution in [0.4, 0.5) is 5.82 Å². The molecule has 6 heteroatoms. The van der Waals surface area contributed by atoms with Crippen molar-refractivity contribution in [3.05, 3.63) is 71.7 Å². The highest BCUT2D eigenvalue weighted by atomic mass is 16.5. The van der Waals surface area contributed by atoms with Crippen molar-refractivity contribution in [2.75, 3.05) is 12.4 Å². The van der Waals surface area contributed by atoms with Crippen molar-refractivity contribution in [1.82, 2.24) is 14.8 Å². The molecule has 0 unspecified atom stereocenters. The first-order valence-electron chi connectivity index (χ1n) is 7.52. The standard InChI is InChI=1S/C18H18N4O2/c1-22-17(6-7-20-22)21-18(23)15-9-14(11-19-12-15)8-13-4-3-5-16(10-13)24-2/h3-7,9-12H,8H2,1-2H3,(H,21,23). The number of ether oxygens (including phenoxy) is 1. The SMILES string of the molecule is COc1cccc(Cc2cncc(C(=O)Nc3ccnn3C)c2)c1. The van der Waals surface area contributed by atoms with Gasteiger partial charge in [0.25, 0.3) is 5.91 Å². The Morgan fingerprint density at radius 3 is 2.83 bits per heavy atom. The number of hydrogen-bond acceptors (Lipinski definition) is 4. The molecule has 2 aromatic heterocycles. The van der Waals surface area contributed by atoms with E-state index in [4.69, 9.17) is 4.74 Å². The van der Waals surface area contributed by atoms with E-state index in [1.165, 1.54) is 0 Å². The summed E-state index contributed by atoms with van der Waals surface area (Å²) in [6.45, 7) is 0. The van der Waals surface area contributed by atoms with E-state index in [0.29, 0.717) is 17.8 Å². The van der Waals surface area contributed by atoms with E-state index in [1.54, 1.807) is 43.5 Å². The molecule has 0 saturated carbocycles. The number of pyridine rings is 1. The largest absolute Gasteiger partial charge is 0.497 e. The van der Waals surface area contributed by atoms with Gasteiger partial charge < -0.3 is 10.1 Å². The lowest BCUT2D eigenvalue weighted by Gasteiger charge is -2.08. The molecule has 0 aliphatic carbocycles. The summed E-state index contributed by atoms with van der Waals surface area (Å²) < 4.78 is 6.84. The van der Waals surface area contributed by atoms with E-state index in [-0.39, 0.29) is 5.91 Å². The van der Waals surface area contributed by atoms with Crippen molar-refractivity contribution in [2.24, 2.45) is 7.05 Å². The van der Waals surface area contributed by atoms with Gasteiger partial charge in [-0.15, -0.1) is 0 Å². The van der Waals surface area contributed by atoms with E-state index >= 15 is 0 Å². The Hall–Kier alpha value is -3.15. The molecule has 24 heavy (non-hydrogen) atoms. The normalized spacial score (nSPS) is 10.4. The minimum Gasteiger partial charge on any atom is -0.497 e. The van der Waals surface area contributed by atoms with Crippen LogP contribution in [-0.4, -0.2) is 27.8 Å². The fourth-order valence-corrected chi connectivity index (χ4v) is 2.41. The fourth-order valence-electron chi connectivity index (χ4n) is 2.41. The van der Waals surface area contributed by atoms with Crippen molar-refractivity contribution in [3.8, 4) is 5.75 Å². The van der Waals surface area contributed by atoms with Gasteiger partial charge in [-0.25, -0.2) is 0 Å². The first kappa shape index (κ1) is 15.7. The van der Waals surface area contributed by atoms with Gasteiger partial charge >= 0.3 is 0 Å². The van der Waals surface area contributed by atoms with E-state index in [0.717, 1.165) is 16.9 Å². The number of aryl methyl sites for hydroxylation is 1. The van der Waals surface area contributed by atoms with Gasteiger partial charge in [-0.2, -0.15) is 5.10 Å². The van der Waals surface area contributed by atoms with Gasteiger partial charge in [0.1, 0.15) is 11.6 Å². The number of rotatable bonds is 5. The lowest BCUT2D eigenvalue weighted by atomic mass is 10.0. The number of methoxy groups -OCH3 is 1. The topological polar surface area (TPSA) is 69.0 Å². The van der Waals surface area contributed by atoms with Gasteiger partial charge in [0, 0.05) is 25.5 Å². The van der Waals surface area contributed by atoms with Gasteiger partial charge in [0.2, 0.25) is 0 Å². The highest BCUT2D eigenvalue weighted by Crippen LogP contribution is 2.17. The first-order chi connectivity index (χ1) is 11.7. The number of benzene rings is 1. The molecule has 122 valence electrons. The predicted molar refractivity (Wildman–Crippen MR) is 91.2 cm³/mol. The maximum Gasteiger partial charge on any atom is 0.258 e. The summed E-state index contributed by atoms with van der Waals surface area (Å²) in [6, 6.07) is 11.4. The van der Waals surface area contributed by atoms with Crippen LogP contribution in [0.5, 0.6) is 5.75 Å². The van der Waals surface area contributed by atoms with Gasteiger partial charge in [0.15, 0.2) is 0 Å². The van der Waals surface area contributed by atoms with Gasteiger partial charge in [-0.05, 0) is 35.7 Å². The first-order valence-corrected chi connectivity index (χ1v) is 7.52. The van der Waals surface area contributed by atoms with E-state index < -0.39 is 0 Å². The Morgan fingerprint density at radius 2 is 2.08 bits per heavy atom. The Bertz CT molecular complexity index is 857. The number of anilines is 1. The Morgan fingerprint density at radius 1 is 1.21 bits per heavy atom. The van der Waals surface area contributed by atoms with Crippen LogP contribution >= 0.6 is 0 Å². The number of amides is 1. The van der Waals surface area contributed by atoms with Crippen molar-refractivity contribution in [3.63, 3.8) is 0 Å². The van der Waals surface area contributed by atoms with Crippen LogP contribution in [0.25, 0.3) is 0 Å². The molecule has 1 N–H and O–H groups in total. The van der Waals surface area contributed by atoms with Crippen LogP contribution < -0.4 is 10.1 Å². The molecular formula is C18H18N4O2.